The van der Waals surface area contributed by atoms with Gasteiger partial charge in [0, 0.05) is 54.5 Å². The van der Waals surface area contributed by atoms with Crippen molar-refractivity contribution in [2.45, 2.75) is 0 Å². The van der Waals surface area contributed by atoms with Crippen molar-refractivity contribution in [3.63, 3.8) is 0 Å². The molecule has 0 amide bonds. The summed E-state index contributed by atoms with van der Waals surface area (Å²) < 4.78 is 11.3. The third-order valence-electron chi connectivity index (χ3n) is 9.80. The van der Waals surface area contributed by atoms with Gasteiger partial charge < -0.3 is 8.98 Å². The van der Waals surface area contributed by atoms with Crippen molar-refractivity contribution >= 4 is 86.2 Å². The average molecular weight is 644 g/mol. The first-order valence-corrected chi connectivity index (χ1v) is 17.2. The molecule has 0 spiro atoms. The van der Waals surface area contributed by atoms with E-state index in [1.807, 2.05) is 6.07 Å². The molecule has 4 aromatic heterocycles. The van der Waals surface area contributed by atoms with E-state index in [2.05, 4.69) is 150 Å². The van der Waals surface area contributed by atoms with E-state index in [0.717, 1.165) is 60.0 Å². The lowest BCUT2D eigenvalue weighted by molar-refractivity contribution is 0.669. The van der Waals surface area contributed by atoms with Gasteiger partial charge in [-0.2, -0.15) is 0 Å². The maximum Gasteiger partial charge on any atom is 0.160 e. The SMILES string of the molecule is c1ccc(-c2nc(-c3ccc4c(c3)oc3cc(-n5c6ccccc6c6c7ccccc7ccc65)ccc34)nc3c2sc2ccccc23)cc1. The minimum Gasteiger partial charge on any atom is -0.456 e. The Bertz CT molecular complexity index is 3110. The van der Waals surface area contributed by atoms with Crippen molar-refractivity contribution in [2.75, 3.05) is 0 Å². The number of furan rings is 1. The maximum absolute atomic E-state index is 6.64. The number of para-hydroxylation sites is 1. The zero-order valence-electron chi connectivity index (χ0n) is 26.1. The number of benzene rings is 7. The van der Waals surface area contributed by atoms with Crippen LogP contribution in [0.25, 0.3) is 103 Å². The number of thiophene rings is 1. The first-order chi connectivity index (χ1) is 24.3. The number of aromatic nitrogens is 3. The molecule has 0 atom stereocenters. The summed E-state index contributed by atoms with van der Waals surface area (Å²) in [6, 6.07) is 53.5. The Labute approximate surface area is 284 Å². The van der Waals surface area contributed by atoms with Crippen LogP contribution in [0.5, 0.6) is 0 Å². The summed E-state index contributed by atoms with van der Waals surface area (Å²) in [4.78, 5) is 10.3. The van der Waals surface area contributed by atoms with Gasteiger partial charge in [0.15, 0.2) is 5.82 Å². The first kappa shape index (κ1) is 26.7. The summed E-state index contributed by atoms with van der Waals surface area (Å²) in [5, 5.41) is 8.33. The summed E-state index contributed by atoms with van der Waals surface area (Å²) in [6.07, 6.45) is 0. The lowest BCUT2D eigenvalue weighted by atomic mass is 10.0. The molecular formula is C44H25N3OS. The smallest absolute Gasteiger partial charge is 0.160 e. The highest BCUT2D eigenvalue weighted by Crippen LogP contribution is 2.41. The number of hydrogen-bond donors (Lipinski definition) is 0. The summed E-state index contributed by atoms with van der Waals surface area (Å²) in [5.41, 5.74) is 9.04. The highest BCUT2D eigenvalue weighted by Gasteiger charge is 2.19. The second-order valence-electron chi connectivity index (χ2n) is 12.6. The molecule has 11 aromatic rings. The van der Waals surface area contributed by atoms with Crippen LogP contribution in [0.2, 0.25) is 0 Å². The van der Waals surface area contributed by atoms with Crippen LogP contribution in [0.4, 0.5) is 0 Å². The Morgan fingerprint density at radius 1 is 0.510 bits per heavy atom. The molecule has 5 heteroatoms. The van der Waals surface area contributed by atoms with Gasteiger partial charge in [-0.15, -0.1) is 11.3 Å². The third-order valence-corrected chi connectivity index (χ3v) is 11.0. The highest BCUT2D eigenvalue weighted by atomic mass is 32.1. The Hall–Kier alpha value is -6.30. The molecule has 49 heavy (non-hydrogen) atoms. The molecule has 0 fully saturated rings. The fourth-order valence-electron chi connectivity index (χ4n) is 7.57. The molecule has 0 N–H and O–H groups in total. The number of nitrogens with zero attached hydrogens (tertiary/aromatic N) is 3. The summed E-state index contributed by atoms with van der Waals surface area (Å²) in [6.45, 7) is 0. The first-order valence-electron chi connectivity index (χ1n) is 16.4. The number of fused-ring (bicyclic) bond motifs is 11. The summed E-state index contributed by atoms with van der Waals surface area (Å²) in [7, 11) is 0. The van der Waals surface area contributed by atoms with Gasteiger partial charge in [0.25, 0.3) is 0 Å². The Morgan fingerprint density at radius 3 is 2.14 bits per heavy atom. The topological polar surface area (TPSA) is 43.9 Å². The Morgan fingerprint density at radius 2 is 1.24 bits per heavy atom. The van der Waals surface area contributed by atoms with Crippen molar-refractivity contribution < 1.29 is 4.42 Å². The lowest BCUT2D eigenvalue weighted by Gasteiger charge is -2.08. The third kappa shape index (κ3) is 3.91. The molecule has 7 aromatic carbocycles. The fourth-order valence-corrected chi connectivity index (χ4v) is 8.73. The van der Waals surface area contributed by atoms with Crippen LogP contribution >= 0.6 is 11.3 Å². The molecule has 4 heterocycles. The van der Waals surface area contributed by atoms with Crippen molar-refractivity contribution in [3.05, 3.63) is 152 Å². The van der Waals surface area contributed by atoms with Crippen LogP contribution in [0, 0.1) is 0 Å². The van der Waals surface area contributed by atoms with E-state index in [-0.39, 0.29) is 0 Å². The molecule has 0 unspecified atom stereocenters. The van der Waals surface area contributed by atoms with Crippen LogP contribution in [-0.2, 0) is 0 Å². The molecular weight excluding hydrogens is 619 g/mol. The van der Waals surface area contributed by atoms with E-state index < -0.39 is 0 Å². The van der Waals surface area contributed by atoms with Crippen molar-refractivity contribution in [2.24, 2.45) is 0 Å². The molecule has 0 saturated carbocycles. The van der Waals surface area contributed by atoms with Gasteiger partial charge >= 0.3 is 0 Å². The molecule has 0 bridgehead atoms. The van der Waals surface area contributed by atoms with E-state index in [1.165, 1.54) is 37.3 Å². The summed E-state index contributed by atoms with van der Waals surface area (Å²) >= 11 is 1.75. The van der Waals surface area contributed by atoms with Crippen LogP contribution in [0.15, 0.2) is 156 Å². The quantitative estimate of drug-likeness (QED) is 0.192. The van der Waals surface area contributed by atoms with Crippen LogP contribution in [0.1, 0.15) is 0 Å². The van der Waals surface area contributed by atoms with Crippen LogP contribution in [0.3, 0.4) is 0 Å². The number of hydrogen-bond acceptors (Lipinski definition) is 4. The number of rotatable bonds is 3. The highest BCUT2D eigenvalue weighted by molar-refractivity contribution is 7.26. The van der Waals surface area contributed by atoms with E-state index >= 15 is 0 Å². The van der Waals surface area contributed by atoms with Gasteiger partial charge in [-0.3, -0.25) is 0 Å². The van der Waals surface area contributed by atoms with Gasteiger partial charge in [0.1, 0.15) is 11.2 Å². The molecule has 0 aliphatic rings. The zero-order chi connectivity index (χ0) is 32.1. The Balaban J connectivity index is 1.10. The fraction of sp³-hybridized carbons (Fsp3) is 0. The second kappa shape index (κ2) is 10.1. The molecule has 4 nitrogen and oxygen atoms in total. The molecule has 0 saturated heterocycles. The minimum absolute atomic E-state index is 0.690. The van der Waals surface area contributed by atoms with E-state index in [0.29, 0.717) is 5.82 Å². The maximum atomic E-state index is 6.64. The Kier molecular flexibility index (Phi) is 5.51. The standard InChI is InChI=1S/C44H25N3OS/c1-2-11-27(12-3-1)41-43-42(34-15-7-9-17-39(34)49-43)46-44(45-41)28-18-21-31-32-22-20-29(25-38(32)48-37(31)24-28)47-35-16-8-6-14-33(35)40-30-13-5-4-10-26(30)19-23-36(40)47/h1-25H. The predicted octanol–water partition coefficient (Wildman–Crippen LogP) is 12.3. The molecule has 0 radical (unpaired) electrons. The molecule has 0 aliphatic carbocycles. The largest absolute Gasteiger partial charge is 0.456 e. The van der Waals surface area contributed by atoms with Gasteiger partial charge in [-0.1, -0.05) is 103 Å². The second-order valence-corrected chi connectivity index (χ2v) is 13.6. The lowest BCUT2D eigenvalue weighted by Crippen LogP contribution is -1.93. The predicted molar refractivity (Wildman–Crippen MR) is 205 cm³/mol. The van der Waals surface area contributed by atoms with E-state index in [9.17, 15) is 0 Å². The summed E-state index contributed by atoms with van der Waals surface area (Å²) in [5.74, 6) is 0.690. The van der Waals surface area contributed by atoms with Crippen molar-refractivity contribution in [1.82, 2.24) is 14.5 Å². The van der Waals surface area contributed by atoms with E-state index in [1.54, 1.807) is 11.3 Å². The van der Waals surface area contributed by atoms with Gasteiger partial charge in [-0.25, -0.2) is 9.97 Å². The van der Waals surface area contributed by atoms with Gasteiger partial charge in [0.05, 0.1) is 26.9 Å². The van der Waals surface area contributed by atoms with E-state index in [4.69, 9.17) is 14.4 Å². The molecule has 0 aliphatic heterocycles. The zero-order valence-corrected chi connectivity index (χ0v) is 26.9. The average Bonchev–Trinajstić information content (AvgIpc) is 3.83. The van der Waals surface area contributed by atoms with Crippen molar-refractivity contribution in [3.8, 4) is 28.3 Å². The molecule has 11 rings (SSSR count). The van der Waals surface area contributed by atoms with Crippen LogP contribution < -0.4 is 0 Å². The van der Waals surface area contributed by atoms with Gasteiger partial charge in [0.2, 0.25) is 0 Å². The van der Waals surface area contributed by atoms with Gasteiger partial charge in [-0.05, 0) is 53.2 Å². The minimum atomic E-state index is 0.690. The van der Waals surface area contributed by atoms with Crippen LogP contribution in [-0.4, -0.2) is 14.5 Å². The normalized spacial score (nSPS) is 12.1. The van der Waals surface area contributed by atoms with Crippen molar-refractivity contribution in [1.29, 1.82) is 0 Å². The molecule has 228 valence electrons. The monoisotopic (exact) mass is 643 g/mol.